The van der Waals surface area contributed by atoms with Gasteiger partial charge in [-0.2, -0.15) is 4.99 Å². The Kier molecular flexibility index (Phi) is 8.30. The summed E-state index contributed by atoms with van der Waals surface area (Å²) in [6.07, 6.45) is 0.184. The Hall–Kier alpha value is -4.08. The number of rotatable bonds is 7. The number of esters is 1. The molecular formula is C25H26FN3O6. The molecule has 0 heterocycles. The van der Waals surface area contributed by atoms with Crippen LogP contribution < -0.4 is 11.1 Å². The van der Waals surface area contributed by atoms with Crippen molar-refractivity contribution in [2.45, 2.75) is 33.1 Å². The van der Waals surface area contributed by atoms with E-state index in [0.29, 0.717) is 24.1 Å². The summed E-state index contributed by atoms with van der Waals surface area (Å²) in [6.45, 7) is 3.70. The second-order valence-corrected chi connectivity index (χ2v) is 7.83. The molecule has 0 aromatic heterocycles. The van der Waals surface area contributed by atoms with E-state index in [1.54, 1.807) is 32.0 Å². The van der Waals surface area contributed by atoms with E-state index in [2.05, 4.69) is 15.0 Å². The number of hydrogen-bond acceptors (Lipinski definition) is 6. The summed E-state index contributed by atoms with van der Waals surface area (Å²) in [5.41, 5.74) is 7.23. The van der Waals surface area contributed by atoms with Gasteiger partial charge in [0.15, 0.2) is 5.78 Å². The van der Waals surface area contributed by atoms with Crippen LogP contribution in [0.15, 0.2) is 41.4 Å². The smallest absolute Gasteiger partial charge is 0.435 e. The highest BCUT2D eigenvalue weighted by Crippen LogP contribution is 2.30. The summed E-state index contributed by atoms with van der Waals surface area (Å²) in [5, 5.41) is 2.62. The molecule has 3 rings (SSSR count). The van der Waals surface area contributed by atoms with E-state index in [1.807, 2.05) is 0 Å². The number of nitrogens with zero attached hydrogens (tertiary/aromatic N) is 1. The maximum atomic E-state index is 14.6. The Morgan fingerprint density at radius 3 is 2.54 bits per heavy atom. The maximum Gasteiger partial charge on any atom is 0.435 e. The van der Waals surface area contributed by atoms with E-state index in [9.17, 15) is 23.6 Å². The molecule has 9 nitrogen and oxygen atoms in total. The van der Waals surface area contributed by atoms with Gasteiger partial charge in [-0.15, -0.1) is 0 Å². The van der Waals surface area contributed by atoms with Crippen LogP contribution in [0.2, 0.25) is 0 Å². The van der Waals surface area contributed by atoms with E-state index in [4.69, 9.17) is 10.5 Å². The van der Waals surface area contributed by atoms with Crippen molar-refractivity contribution < 1.29 is 33.0 Å². The molecule has 2 aromatic rings. The third kappa shape index (κ3) is 6.28. The summed E-state index contributed by atoms with van der Waals surface area (Å²) in [6, 6.07) is 8.42. The fourth-order valence-corrected chi connectivity index (χ4v) is 3.79. The number of nitrogens with two attached hydrogens (primary N) is 1. The maximum absolute atomic E-state index is 14.6. The number of aryl methyl sites for hydroxylation is 1. The predicted octanol–water partition coefficient (Wildman–Crippen LogP) is 3.64. The van der Waals surface area contributed by atoms with Crippen LogP contribution in [0.4, 0.5) is 14.9 Å². The van der Waals surface area contributed by atoms with Crippen molar-refractivity contribution in [2.24, 2.45) is 16.6 Å². The predicted molar refractivity (Wildman–Crippen MR) is 126 cm³/mol. The van der Waals surface area contributed by atoms with Crippen molar-refractivity contribution >= 4 is 35.3 Å². The molecule has 35 heavy (non-hydrogen) atoms. The normalized spacial score (nSPS) is 15.2. The molecule has 0 bridgehead atoms. The van der Waals surface area contributed by atoms with Gasteiger partial charge in [0.1, 0.15) is 11.7 Å². The highest BCUT2D eigenvalue weighted by atomic mass is 19.1. The lowest BCUT2D eigenvalue weighted by Gasteiger charge is -2.23. The number of hydrogen-bond donors (Lipinski definition) is 2. The zero-order chi connectivity index (χ0) is 25.5. The quantitative estimate of drug-likeness (QED) is 0.348. The second kappa shape index (κ2) is 11.4. The number of carbonyl (C=O) groups excluding carboxylic acids is 4. The number of carbonyl (C=O) groups is 4. The van der Waals surface area contributed by atoms with Gasteiger partial charge in [0.2, 0.25) is 0 Å². The van der Waals surface area contributed by atoms with E-state index >= 15 is 0 Å². The summed E-state index contributed by atoms with van der Waals surface area (Å²) in [5.74, 6) is -2.76. The van der Waals surface area contributed by atoms with Gasteiger partial charge in [0.05, 0.1) is 25.2 Å². The number of nitrogens with one attached hydrogen (secondary N) is 1. The van der Waals surface area contributed by atoms with E-state index in [0.717, 1.165) is 11.6 Å². The number of benzene rings is 2. The van der Waals surface area contributed by atoms with Crippen LogP contribution in [0.5, 0.6) is 0 Å². The molecule has 10 heteroatoms. The van der Waals surface area contributed by atoms with E-state index < -0.39 is 29.7 Å². The lowest BCUT2D eigenvalue weighted by molar-refractivity contribution is -0.144. The van der Waals surface area contributed by atoms with Crippen molar-refractivity contribution in [3.05, 3.63) is 64.5 Å². The number of halogens is 1. The number of aliphatic imine (C=N–C) groups is 1. The minimum Gasteiger partial charge on any atom is -0.466 e. The Morgan fingerprint density at radius 2 is 1.86 bits per heavy atom. The van der Waals surface area contributed by atoms with Crippen LogP contribution in [-0.4, -0.2) is 42.8 Å². The van der Waals surface area contributed by atoms with Gasteiger partial charge in [-0.3, -0.25) is 14.4 Å². The average Bonchev–Trinajstić information content (AvgIpc) is 2.81. The van der Waals surface area contributed by atoms with Crippen LogP contribution >= 0.6 is 0 Å². The number of anilines is 1. The first kappa shape index (κ1) is 25.5. The molecule has 184 valence electrons. The van der Waals surface area contributed by atoms with Gasteiger partial charge in [-0.1, -0.05) is 6.07 Å². The summed E-state index contributed by atoms with van der Waals surface area (Å²) >= 11 is 0. The molecule has 0 spiro atoms. The topological polar surface area (TPSA) is 137 Å². The average molecular weight is 483 g/mol. The van der Waals surface area contributed by atoms with Crippen LogP contribution in [0.1, 0.15) is 58.5 Å². The first-order valence-corrected chi connectivity index (χ1v) is 11.2. The fraction of sp³-hybridized carbons (Fsp3) is 0.320. The number of ether oxygens (including phenoxy) is 2. The molecule has 1 unspecified atom stereocenters. The Labute approximate surface area is 201 Å². The van der Waals surface area contributed by atoms with Crippen molar-refractivity contribution in [1.29, 1.82) is 0 Å². The molecule has 3 N–H and O–H groups in total. The van der Waals surface area contributed by atoms with E-state index in [-0.39, 0.29) is 42.4 Å². The summed E-state index contributed by atoms with van der Waals surface area (Å²) < 4.78 is 24.2. The van der Waals surface area contributed by atoms with Gasteiger partial charge < -0.3 is 20.5 Å². The van der Waals surface area contributed by atoms with Crippen LogP contribution in [0.3, 0.4) is 0 Å². The molecule has 0 saturated heterocycles. The molecule has 2 amide bonds. The first-order chi connectivity index (χ1) is 16.7. The highest BCUT2D eigenvalue weighted by molar-refractivity contribution is 6.07. The summed E-state index contributed by atoms with van der Waals surface area (Å²) in [7, 11) is 0. The Morgan fingerprint density at radius 1 is 1.11 bits per heavy atom. The van der Waals surface area contributed by atoms with Gasteiger partial charge in [0, 0.05) is 22.7 Å². The monoisotopic (exact) mass is 483 g/mol. The minimum atomic E-state index is -0.898. The van der Waals surface area contributed by atoms with Crippen molar-refractivity contribution in [3.63, 3.8) is 0 Å². The zero-order valence-corrected chi connectivity index (χ0v) is 19.4. The van der Waals surface area contributed by atoms with E-state index in [1.165, 1.54) is 12.1 Å². The minimum absolute atomic E-state index is 0.0366. The fourth-order valence-electron chi connectivity index (χ4n) is 3.79. The van der Waals surface area contributed by atoms with Crippen LogP contribution in [0.25, 0.3) is 0 Å². The van der Waals surface area contributed by atoms with Gasteiger partial charge in [0.25, 0.3) is 5.91 Å². The Balaban J connectivity index is 1.71. The lowest BCUT2D eigenvalue weighted by Crippen LogP contribution is -2.26. The summed E-state index contributed by atoms with van der Waals surface area (Å²) in [4.78, 5) is 52.1. The zero-order valence-electron chi connectivity index (χ0n) is 19.4. The third-order valence-electron chi connectivity index (χ3n) is 5.47. The highest BCUT2D eigenvalue weighted by Gasteiger charge is 2.30. The van der Waals surface area contributed by atoms with Crippen molar-refractivity contribution in [3.8, 4) is 0 Å². The molecule has 0 fully saturated rings. The molecule has 0 aliphatic heterocycles. The SMILES string of the molecule is CCOC(=O)CC1CCc2cc(NC(=O)c3ccc(C(N)=NC(=O)OCC)cc3F)ccc2C1=O. The number of ketones is 1. The molecule has 1 aliphatic carbocycles. The van der Waals surface area contributed by atoms with Gasteiger partial charge in [-0.05, 0) is 62.6 Å². The molecule has 0 saturated carbocycles. The van der Waals surface area contributed by atoms with Crippen LogP contribution in [0, 0.1) is 11.7 Å². The first-order valence-electron chi connectivity index (χ1n) is 11.2. The second-order valence-electron chi connectivity index (χ2n) is 7.83. The standard InChI is InChI=1S/C25H26FN3O6/c1-3-34-21(30)13-15-6-5-14-11-17(8-10-18(14)22(15)31)28-24(32)19-9-7-16(12-20(19)26)23(27)29-25(33)35-4-2/h7-12,15H,3-6,13H2,1-2H3,(H,28,32)(H2,27,29,33). The number of amidine groups is 1. The van der Waals surface area contributed by atoms with Gasteiger partial charge in [-0.25, -0.2) is 9.18 Å². The number of amides is 2. The number of Topliss-reactive ketones (excluding diaryl/α,β-unsaturated/α-hetero) is 1. The van der Waals surface area contributed by atoms with Crippen molar-refractivity contribution in [1.82, 2.24) is 0 Å². The Bertz CT molecular complexity index is 1190. The van der Waals surface area contributed by atoms with Crippen LogP contribution in [-0.2, 0) is 20.7 Å². The molecule has 2 aromatic carbocycles. The largest absolute Gasteiger partial charge is 0.466 e. The molecule has 0 radical (unpaired) electrons. The molecular weight excluding hydrogens is 457 g/mol. The molecule has 1 atom stereocenters. The lowest BCUT2D eigenvalue weighted by atomic mass is 9.81. The van der Waals surface area contributed by atoms with Gasteiger partial charge >= 0.3 is 12.1 Å². The number of fused-ring (bicyclic) bond motifs is 1. The van der Waals surface area contributed by atoms with Crippen molar-refractivity contribution in [2.75, 3.05) is 18.5 Å². The third-order valence-corrected chi connectivity index (χ3v) is 5.47. The molecule has 1 aliphatic rings.